The minimum absolute atomic E-state index is 0.264. The first kappa shape index (κ1) is 13.9. The SMILES string of the molecule is FC(F)(F)c1ccccc1Cl.N=S(=O)=O. The minimum atomic E-state index is -4.35. The molecule has 0 spiro atoms. The van der Waals surface area contributed by atoms with Gasteiger partial charge in [0, 0.05) is 0 Å². The van der Waals surface area contributed by atoms with Gasteiger partial charge in [-0.1, -0.05) is 23.7 Å². The lowest BCUT2D eigenvalue weighted by Gasteiger charge is -2.06. The van der Waals surface area contributed by atoms with Crippen LogP contribution < -0.4 is 0 Å². The minimum Gasteiger partial charge on any atom is -0.188 e. The van der Waals surface area contributed by atoms with Gasteiger partial charge in [-0.05, 0) is 12.1 Å². The number of alkyl halides is 3. The molecule has 1 aromatic rings. The molecule has 0 heterocycles. The molecule has 0 amide bonds. The predicted molar refractivity (Wildman–Crippen MR) is 48.1 cm³/mol. The van der Waals surface area contributed by atoms with Gasteiger partial charge in [-0.2, -0.15) is 26.4 Å². The second-order valence-corrected chi connectivity index (χ2v) is 3.09. The van der Waals surface area contributed by atoms with Crippen LogP contribution >= 0.6 is 11.6 Å². The van der Waals surface area contributed by atoms with E-state index in [0.717, 1.165) is 6.07 Å². The van der Waals surface area contributed by atoms with Crippen molar-refractivity contribution in [1.29, 1.82) is 4.78 Å². The third-order valence-electron chi connectivity index (χ3n) is 1.18. The maximum atomic E-state index is 12.0. The molecule has 15 heavy (non-hydrogen) atoms. The topological polar surface area (TPSA) is 58.0 Å². The summed E-state index contributed by atoms with van der Waals surface area (Å²) in [5.74, 6) is 0. The number of nitrogens with one attached hydrogen (secondary N) is 1. The molecule has 1 N–H and O–H groups in total. The maximum Gasteiger partial charge on any atom is 0.417 e. The molecule has 0 aromatic heterocycles. The van der Waals surface area contributed by atoms with E-state index in [1.54, 1.807) is 0 Å². The van der Waals surface area contributed by atoms with Crippen LogP contribution in [0.3, 0.4) is 0 Å². The smallest absolute Gasteiger partial charge is 0.188 e. The highest BCUT2D eigenvalue weighted by atomic mass is 35.5. The Hall–Kier alpha value is -1.08. The van der Waals surface area contributed by atoms with Gasteiger partial charge in [-0.25, -0.2) is 0 Å². The van der Waals surface area contributed by atoms with Crippen molar-refractivity contribution in [3.8, 4) is 0 Å². The average Bonchev–Trinajstić information content (AvgIpc) is 2.01. The molecule has 0 saturated heterocycles. The van der Waals surface area contributed by atoms with Gasteiger partial charge in [0.25, 0.3) is 0 Å². The second kappa shape index (κ2) is 5.72. The molecule has 0 fully saturated rings. The molecular formula is C7H5ClF3NO2S. The normalized spacial score (nSPS) is 10.1. The van der Waals surface area contributed by atoms with E-state index in [1.165, 1.54) is 18.2 Å². The number of hydrogen-bond acceptors (Lipinski definition) is 3. The zero-order chi connectivity index (χ0) is 12.1. The number of halogens is 4. The molecular weight excluding hydrogens is 255 g/mol. The molecule has 0 radical (unpaired) electrons. The zero-order valence-corrected chi connectivity index (χ0v) is 8.62. The molecule has 0 atom stereocenters. The van der Waals surface area contributed by atoms with E-state index < -0.39 is 22.2 Å². The van der Waals surface area contributed by atoms with Crippen LogP contribution in [0.4, 0.5) is 13.2 Å². The highest BCUT2D eigenvalue weighted by Crippen LogP contribution is 2.33. The zero-order valence-electron chi connectivity index (χ0n) is 7.05. The van der Waals surface area contributed by atoms with Crippen molar-refractivity contribution in [2.45, 2.75) is 6.18 Å². The van der Waals surface area contributed by atoms with Gasteiger partial charge in [-0.3, -0.25) is 0 Å². The van der Waals surface area contributed by atoms with E-state index in [-0.39, 0.29) is 5.02 Å². The summed E-state index contributed by atoms with van der Waals surface area (Å²) < 4.78 is 58.7. The van der Waals surface area contributed by atoms with Gasteiger partial charge in [0.2, 0.25) is 0 Å². The fourth-order valence-electron chi connectivity index (χ4n) is 0.691. The van der Waals surface area contributed by atoms with Gasteiger partial charge < -0.3 is 0 Å². The lowest BCUT2D eigenvalue weighted by molar-refractivity contribution is -0.137. The van der Waals surface area contributed by atoms with Crippen LogP contribution in [0.2, 0.25) is 5.02 Å². The van der Waals surface area contributed by atoms with Crippen molar-refractivity contribution >= 4 is 22.1 Å². The summed E-state index contributed by atoms with van der Waals surface area (Å²) in [6.45, 7) is 0. The summed E-state index contributed by atoms with van der Waals surface area (Å²) in [5.41, 5.74) is -0.790. The summed E-state index contributed by atoms with van der Waals surface area (Å²) in [5, 5.41) is -0.264. The van der Waals surface area contributed by atoms with Crippen molar-refractivity contribution in [1.82, 2.24) is 0 Å². The van der Waals surface area contributed by atoms with Crippen molar-refractivity contribution in [2.75, 3.05) is 0 Å². The molecule has 1 rings (SSSR count). The van der Waals surface area contributed by atoms with Crippen LogP contribution in [-0.2, 0) is 16.7 Å². The van der Waals surface area contributed by atoms with Gasteiger partial charge in [0.05, 0.1) is 10.6 Å². The quantitative estimate of drug-likeness (QED) is 0.779. The molecule has 0 bridgehead atoms. The summed E-state index contributed by atoms with van der Waals surface area (Å²) in [6.07, 6.45) is -4.35. The van der Waals surface area contributed by atoms with Crippen LogP contribution in [0.15, 0.2) is 24.3 Å². The lowest BCUT2D eigenvalue weighted by Crippen LogP contribution is -2.04. The van der Waals surface area contributed by atoms with E-state index in [4.69, 9.17) is 24.8 Å². The van der Waals surface area contributed by atoms with E-state index in [9.17, 15) is 13.2 Å². The Bertz CT molecular complexity index is 422. The number of rotatable bonds is 0. The standard InChI is InChI=1S/C7H4ClF3.HNO2S/c8-6-4-2-1-3-5(6)7(9,10)11;1-4(2)3/h1-4H;1H. The molecule has 84 valence electrons. The Morgan fingerprint density at radius 2 is 1.60 bits per heavy atom. The van der Waals surface area contributed by atoms with Crippen LogP contribution in [0, 0.1) is 4.78 Å². The van der Waals surface area contributed by atoms with Gasteiger partial charge in [0.15, 0.2) is 0 Å². The third kappa shape index (κ3) is 6.08. The van der Waals surface area contributed by atoms with Crippen LogP contribution in [0.1, 0.15) is 5.56 Å². The van der Waals surface area contributed by atoms with E-state index >= 15 is 0 Å². The maximum absolute atomic E-state index is 12.0. The van der Waals surface area contributed by atoms with E-state index in [1.807, 2.05) is 0 Å². The summed E-state index contributed by atoms with van der Waals surface area (Å²) >= 11 is 5.29. The van der Waals surface area contributed by atoms with E-state index in [2.05, 4.69) is 0 Å². The average molecular weight is 260 g/mol. The summed E-state index contributed by atoms with van der Waals surface area (Å²) in [4.78, 5) is 0. The Morgan fingerprint density at radius 1 is 1.20 bits per heavy atom. The van der Waals surface area contributed by atoms with Crippen molar-refractivity contribution in [2.24, 2.45) is 0 Å². The molecule has 0 aliphatic rings. The van der Waals surface area contributed by atoms with Crippen LogP contribution in [-0.4, -0.2) is 8.42 Å². The first-order valence-electron chi connectivity index (χ1n) is 3.37. The Labute approximate surface area is 90.0 Å². The molecule has 0 saturated carbocycles. The largest absolute Gasteiger partial charge is 0.417 e. The highest BCUT2D eigenvalue weighted by Gasteiger charge is 2.32. The fraction of sp³-hybridized carbons (Fsp3) is 0.143. The molecule has 0 unspecified atom stereocenters. The second-order valence-electron chi connectivity index (χ2n) is 2.21. The monoisotopic (exact) mass is 259 g/mol. The highest BCUT2D eigenvalue weighted by molar-refractivity contribution is 7.60. The van der Waals surface area contributed by atoms with Gasteiger partial charge in [-0.15, -0.1) is 0 Å². The van der Waals surface area contributed by atoms with Gasteiger partial charge in [0.1, 0.15) is 0 Å². The predicted octanol–water partition coefficient (Wildman–Crippen LogP) is 2.99. The van der Waals surface area contributed by atoms with Crippen LogP contribution in [0.5, 0.6) is 0 Å². The summed E-state index contributed by atoms with van der Waals surface area (Å²) in [6, 6.07) is 4.92. The lowest BCUT2D eigenvalue weighted by atomic mass is 10.2. The third-order valence-corrected chi connectivity index (χ3v) is 1.51. The molecule has 0 aliphatic heterocycles. The Balaban J connectivity index is 0.000000423. The van der Waals surface area contributed by atoms with E-state index in [0.29, 0.717) is 0 Å². The fourth-order valence-corrected chi connectivity index (χ4v) is 0.934. The molecule has 1 aromatic carbocycles. The Kier molecular flexibility index (Phi) is 5.31. The molecule has 3 nitrogen and oxygen atoms in total. The van der Waals surface area contributed by atoms with Crippen molar-refractivity contribution in [3.05, 3.63) is 34.9 Å². The van der Waals surface area contributed by atoms with Crippen molar-refractivity contribution in [3.63, 3.8) is 0 Å². The Morgan fingerprint density at radius 3 is 1.87 bits per heavy atom. The van der Waals surface area contributed by atoms with Gasteiger partial charge >= 0.3 is 16.7 Å². The van der Waals surface area contributed by atoms with Crippen molar-refractivity contribution < 1.29 is 21.6 Å². The first-order valence-corrected chi connectivity index (χ1v) is 4.82. The molecule has 8 heteroatoms. The number of benzene rings is 1. The molecule has 0 aliphatic carbocycles. The first-order chi connectivity index (χ1) is 6.75. The summed E-state index contributed by atoms with van der Waals surface area (Å²) in [7, 11) is -2.61. The number of hydrogen-bond donors (Lipinski definition) is 1. The van der Waals surface area contributed by atoms with Crippen LogP contribution in [0.25, 0.3) is 0 Å².